The molecule has 0 aromatic carbocycles. The van der Waals surface area contributed by atoms with Gasteiger partial charge in [-0.15, -0.1) is 0 Å². The van der Waals surface area contributed by atoms with Crippen LogP contribution in [-0.2, 0) is 6.42 Å². The van der Waals surface area contributed by atoms with E-state index in [0.717, 1.165) is 23.4 Å². The number of nitrogens with zero attached hydrogens (tertiary/aromatic N) is 1. The van der Waals surface area contributed by atoms with Crippen molar-refractivity contribution in [2.24, 2.45) is 5.41 Å². The summed E-state index contributed by atoms with van der Waals surface area (Å²) in [6.45, 7) is 5.97. The molecule has 1 aliphatic rings. The normalized spacial score (nSPS) is 20.1. The second-order valence-corrected chi connectivity index (χ2v) is 4.51. The predicted octanol–water partition coefficient (Wildman–Crippen LogP) is 2.14. The number of aryl methyl sites for hydroxylation is 1. The van der Waals surface area contributed by atoms with Crippen LogP contribution in [0.5, 0.6) is 0 Å². The molecule has 0 saturated carbocycles. The molecular weight excluding hydrogens is 166 g/mol. The molecule has 0 amide bonds. The fourth-order valence-corrected chi connectivity index (χ4v) is 1.91. The Balaban J connectivity index is 2.51. The Labute approximate surface area is 77.1 Å². The van der Waals surface area contributed by atoms with Crippen molar-refractivity contribution in [3.63, 3.8) is 0 Å². The lowest BCUT2D eigenvalue weighted by Crippen LogP contribution is -2.26. The summed E-state index contributed by atoms with van der Waals surface area (Å²) in [6.07, 6.45) is 1.41. The largest absolute Gasteiger partial charge is 0.360 e. The Kier molecular flexibility index (Phi) is 1.59. The van der Waals surface area contributed by atoms with Crippen LogP contribution in [0.3, 0.4) is 0 Å². The highest BCUT2D eigenvalue weighted by atomic mass is 16.5. The van der Waals surface area contributed by atoms with Gasteiger partial charge in [-0.2, -0.15) is 0 Å². The Bertz CT molecular complexity index is 363. The van der Waals surface area contributed by atoms with E-state index < -0.39 is 0 Å². The zero-order valence-corrected chi connectivity index (χ0v) is 8.18. The lowest BCUT2D eigenvalue weighted by Gasteiger charge is -2.26. The fraction of sp³-hybridized carbons (Fsp3) is 0.600. The van der Waals surface area contributed by atoms with Crippen LogP contribution < -0.4 is 0 Å². The molecule has 0 aliphatic heterocycles. The van der Waals surface area contributed by atoms with E-state index in [1.807, 2.05) is 6.92 Å². The second-order valence-electron chi connectivity index (χ2n) is 4.51. The molecule has 1 aliphatic carbocycles. The maximum atomic E-state index is 11.7. The molecule has 2 rings (SSSR count). The molecule has 1 aromatic heterocycles. The topological polar surface area (TPSA) is 43.1 Å². The van der Waals surface area contributed by atoms with Gasteiger partial charge in [-0.1, -0.05) is 19.0 Å². The van der Waals surface area contributed by atoms with E-state index in [4.69, 9.17) is 4.52 Å². The number of carbonyl (C=O) groups excluding carboxylic acids is 1. The van der Waals surface area contributed by atoms with Crippen LogP contribution in [0.25, 0.3) is 0 Å². The van der Waals surface area contributed by atoms with E-state index >= 15 is 0 Å². The van der Waals surface area contributed by atoms with E-state index in [1.165, 1.54) is 0 Å². The zero-order chi connectivity index (χ0) is 9.64. The first kappa shape index (κ1) is 8.48. The number of carbonyl (C=O) groups is 1. The third kappa shape index (κ3) is 1.28. The first-order valence-corrected chi connectivity index (χ1v) is 4.48. The van der Waals surface area contributed by atoms with Crippen molar-refractivity contribution in [1.29, 1.82) is 0 Å². The first-order chi connectivity index (χ1) is 5.99. The van der Waals surface area contributed by atoms with Gasteiger partial charge in [0, 0.05) is 12.8 Å². The Morgan fingerprint density at radius 1 is 1.38 bits per heavy atom. The Morgan fingerprint density at radius 3 is 2.77 bits per heavy atom. The highest BCUT2D eigenvalue weighted by Crippen LogP contribution is 2.35. The lowest BCUT2D eigenvalue weighted by atomic mass is 9.76. The molecule has 0 unspecified atom stereocenters. The zero-order valence-electron chi connectivity index (χ0n) is 8.18. The monoisotopic (exact) mass is 179 g/mol. The Hall–Kier alpha value is -1.12. The van der Waals surface area contributed by atoms with Gasteiger partial charge in [-0.05, 0) is 12.3 Å². The standard InChI is InChI=1S/C10H13NO2/c1-6-9-7(12)4-10(2,3)5-8(9)13-11-6/h4-5H2,1-3H3. The van der Waals surface area contributed by atoms with Gasteiger partial charge in [0.05, 0.1) is 11.3 Å². The summed E-state index contributed by atoms with van der Waals surface area (Å²) in [7, 11) is 0. The van der Waals surface area contributed by atoms with Crippen molar-refractivity contribution in [2.75, 3.05) is 0 Å². The van der Waals surface area contributed by atoms with Gasteiger partial charge in [0.25, 0.3) is 0 Å². The minimum Gasteiger partial charge on any atom is -0.360 e. The van der Waals surface area contributed by atoms with Crippen molar-refractivity contribution in [3.8, 4) is 0 Å². The van der Waals surface area contributed by atoms with Gasteiger partial charge in [-0.3, -0.25) is 4.79 Å². The number of Topliss-reactive ketones (excluding diaryl/α,β-unsaturated/α-hetero) is 1. The van der Waals surface area contributed by atoms with Crippen LogP contribution in [0, 0.1) is 12.3 Å². The summed E-state index contributed by atoms with van der Waals surface area (Å²) in [6, 6.07) is 0. The van der Waals surface area contributed by atoms with Crippen molar-refractivity contribution in [3.05, 3.63) is 17.0 Å². The molecule has 0 saturated heterocycles. The predicted molar refractivity (Wildman–Crippen MR) is 47.7 cm³/mol. The van der Waals surface area contributed by atoms with Gasteiger partial charge in [-0.25, -0.2) is 0 Å². The van der Waals surface area contributed by atoms with Crippen LogP contribution in [0.1, 0.15) is 42.1 Å². The maximum absolute atomic E-state index is 11.7. The highest BCUT2D eigenvalue weighted by molar-refractivity contribution is 5.99. The number of hydrogen-bond donors (Lipinski definition) is 0. The quantitative estimate of drug-likeness (QED) is 0.612. The minimum absolute atomic E-state index is 0.0239. The molecule has 13 heavy (non-hydrogen) atoms. The number of rotatable bonds is 0. The van der Waals surface area contributed by atoms with Gasteiger partial charge >= 0.3 is 0 Å². The lowest BCUT2D eigenvalue weighted by molar-refractivity contribution is 0.0902. The third-order valence-corrected chi connectivity index (χ3v) is 2.49. The number of aromatic nitrogens is 1. The van der Waals surface area contributed by atoms with Crippen LogP contribution in [0.15, 0.2) is 4.52 Å². The molecule has 0 bridgehead atoms. The van der Waals surface area contributed by atoms with E-state index in [2.05, 4.69) is 19.0 Å². The molecule has 1 heterocycles. The van der Waals surface area contributed by atoms with E-state index in [-0.39, 0.29) is 11.2 Å². The van der Waals surface area contributed by atoms with Gasteiger partial charge < -0.3 is 4.52 Å². The van der Waals surface area contributed by atoms with E-state index in [1.54, 1.807) is 0 Å². The van der Waals surface area contributed by atoms with E-state index in [9.17, 15) is 4.79 Å². The molecule has 0 spiro atoms. The highest BCUT2D eigenvalue weighted by Gasteiger charge is 2.35. The summed E-state index contributed by atoms with van der Waals surface area (Å²) in [4.78, 5) is 11.7. The summed E-state index contributed by atoms with van der Waals surface area (Å²) in [5.74, 6) is 0.934. The molecule has 1 aromatic rings. The SMILES string of the molecule is Cc1noc2c1C(=O)CC(C)(C)C2. The molecular formula is C10H13NO2. The molecule has 3 nitrogen and oxygen atoms in total. The average Bonchev–Trinajstić information content (AvgIpc) is 2.28. The smallest absolute Gasteiger partial charge is 0.168 e. The van der Waals surface area contributed by atoms with Gasteiger partial charge in [0.1, 0.15) is 5.76 Å². The number of ketones is 1. The minimum atomic E-state index is 0.0239. The molecule has 0 atom stereocenters. The summed E-state index contributed by atoms with van der Waals surface area (Å²) >= 11 is 0. The second kappa shape index (κ2) is 2.44. The van der Waals surface area contributed by atoms with Crippen molar-refractivity contribution in [1.82, 2.24) is 5.16 Å². The first-order valence-electron chi connectivity index (χ1n) is 4.48. The molecule has 0 fully saturated rings. The molecule has 0 radical (unpaired) electrons. The fourth-order valence-electron chi connectivity index (χ4n) is 1.91. The average molecular weight is 179 g/mol. The van der Waals surface area contributed by atoms with Crippen molar-refractivity contribution < 1.29 is 9.32 Å². The van der Waals surface area contributed by atoms with Crippen molar-refractivity contribution in [2.45, 2.75) is 33.6 Å². The molecule has 3 heteroatoms. The van der Waals surface area contributed by atoms with E-state index in [0.29, 0.717) is 6.42 Å². The van der Waals surface area contributed by atoms with Crippen LogP contribution in [-0.4, -0.2) is 10.9 Å². The summed E-state index contributed by atoms with van der Waals surface area (Å²) in [5.41, 5.74) is 1.48. The summed E-state index contributed by atoms with van der Waals surface area (Å²) < 4.78 is 5.12. The van der Waals surface area contributed by atoms with Crippen molar-refractivity contribution >= 4 is 5.78 Å². The summed E-state index contributed by atoms with van der Waals surface area (Å²) in [5, 5.41) is 3.82. The Morgan fingerprint density at radius 2 is 2.08 bits per heavy atom. The number of fused-ring (bicyclic) bond motifs is 1. The molecule has 0 N–H and O–H groups in total. The maximum Gasteiger partial charge on any atom is 0.168 e. The number of hydrogen-bond acceptors (Lipinski definition) is 3. The van der Waals surface area contributed by atoms with Crippen LogP contribution in [0.4, 0.5) is 0 Å². The third-order valence-electron chi connectivity index (χ3n) is 2.49. The van der Waals surface area contributed by atoms with Crippen LogP contribution >= 0.6 is 0 Å². The van der Waals surface area contributed by atoms with Crippen LogP contribution in [0.2, 0.25) is 0 Å². The molecule has 70 valence electrons. The van der Waals surface area contributed by atoms with Gasteiger partial charge in [0.15, 0.2) is 5.78 Å². The van der Waals surface area contributed by atoms with Gasteiger partial charge in [0.2, 0.25) is 0 Å².